The van der Waals surface area contributed by atoms with Crippen LogP contribution in [-0.4, -0.2) is 25.2 Å². The molecule has 0 N–H and O–H groups in total. The lowest BCUT2D eigenvalue weighted by Gasteiger charge is -2.16. The Morgan fingerprint density at radius 1 is 0.618 bits per heavy atom. The van der Waals surface area contributed by atoms with Gasteiger partial charge in [0.15, 0.2) is 0 Å². The highest BCUT2D eigenvalue weighted by Gasteiger charge is 2.26. The average molecular weight is 475 g/mol. The van der Waals surface area contributed by atoms with Gasteiger partial charge in [0.1, 0.15) is 0 Å². The minimum atomic E-state index is -0.596. The summed E-state index contributed by atoms with van der Waals surface area (Å²) in [7, 11) is 0. The van der Waals surface area contributed by atoms with E-state index < -0.39 is 5.92 Å². The Morgan fingerprint density at radius 3 is 1.56 bits per heavy atom. The van der Waals surface area contributed by atoms with Crippen LogP contribution in [0.1, 0.15) is 134 Å². The summed E-state index contributed by atoms with van der Waals surface area (Å²) in [6.45, 7) is 5.31. The van der Waals surface area contributed by atoms with Crippen molar-refractivity contribution >= 4 is 11.9 Å². The van der Waals surface area contributed by atoms with E-state index >= 15 is 0 Å². The second kappa shape index (κ2) is 21.7. The number of unbranched alkanes of at least 4 members (excludes halogenated alkanes) is 14. The molecule has 0 amide bonds. The van der Waals surface area contributed by atoms with Crippen LogP contribution in [0.2, 0.25) is 0 Å². The predicted molar refractivity (Wildman–Crippen MR) is 141 cm³/mol. The van der Waals surface area contributed by atoms with Gasteiger partial charge in [-0.25, -0.2) is 0 Å². The molecular formula is C30H50O4. The molecule has 0 radical (unpaired) electrons. The van der Waals surface area contributed by atoms with E-state index in [0.29, 0.717) is 13.2 Å². The monoisotopic (exact) mass is 474 g/mol. The Kier molecular flexibility index (Phi) is 19.2. The summed E-state index contributed by atoms with van der Waals surface area (Å²) >= 11 is 0. The summed E-state index contributed by atoms with van der Waals surface area (Å²) in [5.74, 6) is -1.24. The van der Waals surface area contributed by atoms with E-state index in [2.05, 4.69) is 13.8 Å². The maximum absolute atomic E-state index is 12.8. The van der Waals surface area contributed by atoms with Crippen molar-refractivity contribution in [3.8, 4) is 0 Å². The molecule has 4 nitrogen and oxygen atoms in total. The Bertz CT molecular complexity index is 613. The van der Waals surface area contributed by atoms with Crippen molar-refractivity contribution < 1.29 is 19.1 Å². The van der Waals surface area contributed by atoms with Gasteiger partial charge in [0, 0.05) is 0 Å². The van der Waals surface area contributed by atoms with E-state index in [1.54, 1.807) is 0 Å². The summed E-state index contributed by atoms with van der Waals surface area (Å²) in [4.78, 5) is 25.2. The van der Waals surface area contributed by atoms with Crippen LogP contribution < -0.4 is 0 Å². The minimum absolute atomic E-state index is 0.0390. The predicted octanol–water partition coefficient (Wildman–Crippen LogP) is 8.53. The standard InChI is InChI=1S/C30H50O4/c1-3-5-7-9-11-13-15-20-24-33-29(31)26-28(27-22-18-17-19-23-27)30(32)34-25-21-16-14-12-10-8-6-4-2/h17-19,22-23,28H,3-16,20-21,24-26H2,1-2H3. The van der Waals surface area contributed by atoms with Crippen LogP contribution in [0.15, 0.2) is 30.3 Å². The minimum Gasteiger partial charge on any atom is -0.466 e. The number of hydrogen-bond acceptors (Lipinski definition) is 4. The summed E-state index contributed by atoms with van der Waals surface area (Å²) in [6.07, 6.45) is 19.3. The van der Waals surface area contributed by atoms with Gasteiger partial charge in [-0.15, -0.1) is 0 Å². The van der Waals surface area contributed by atoms with Crippen LogP contribution in [0, 0.1) is 0 Å². The van der Waals surface area contributed by atoms with Crippen LogP contribution in [0.3, 0.4) is 0 Å². The fourth-order valence-corrected chi connectivity index (χ4v) is 4.18. The first-order valence-corrected chi connectivity index (χ1v) is 14.1. The average Bonchev–Trinajstić information content (AvgIpc) is 2.85. The lowest BCUT2D eigenvalue weighted by atomic mass is 9.96. The zero-order chi connectivity index (χ0) is 24.7. The first-order chi connectivity index (χ1) is 16.7. The van der Waals surface area contributed by atoms with Crippen LogP contribution in [0.4, 0.5) is 0 Å². The molecule has 0 saturated carbocycles. The smallest absolute Gasteiger partial charge is 0.314 e. The number of carbonyl (C=O) groups is 2. The second-order valence-corrected chi connectivity index (χ2v) is 9.51. The normalized spacial score (nSPS) is 11.8. The topological polar surface area (TPSA) is 52.6 Å². The molecule has 0 aromatic heterocycles. The van der Waals surface area contributed by atoms with E-state index in [1.807, 2.05) is 30.3 Å². The van der Waals surface area contributed by atoms with Gasteiger partial charge in [0.25, 0.3) is 0 Å². The van der Waals surface area contributed by atoms with Crippen molar-refractivity contribution in [2.75, 3.05) is 13.2 Å². The highest BCUT2D eigenvalue weighted by atomic mass is 16.5. The molecule has 1 atom stereocenters. The molecule has 1 aromatic carbocycles. The largest absolute Gasteiger partial charge is 0.466 e. The van der Waals surface area contributed by atoms with Crippen LogP contribution >= 0.6 is 0 Å². The molecule has 0 bridgehead atoms. The zero-order valence-corrected chi connectivity index (χ0v) is 22.0. The molecule has 4 heteroatoms. The molecule has 0 fully saturated rings. The Balaban J connectivity index is 2.29. The van der Waals surface area contributed by atoms with Crippen molar-refractivity contribution in [2.24, 2.45) is 0 Å². The Hall–Kier alpha value is -1.84. The van der Waals surface area contributed by atoms with Gasteiger partial charge in [-0.3, -0.25) is 9.59 Å². The van der Waals surface area contributed by atoms with E-state index in [4.69, 9.17) is 9.47 Å². The van der Waals surface area contributed by atoms with E-state index in [9.17, 15) is 9.59 Å². The number of ether oxygens (including phenoxy) is 2. The first kappa shape index (κ1) is 30.2. The van der Waals surface area contributed by atoms with Crippen LogP contribution in [0.25, 0.3) is 0 Å². The Labute approximate surface area is 209 Å². The van der Waals surface area contributed by atoms with Crippen LogP contribution in [0.5, 0.6) is 0 Å². The molecule has 0 aliphatic carbocycles. The third kappa shape index (κ3) is 15.9. The third-order valence-corrected chi connectivity index (χ3v) is 6.36. The molecular weight excluding hydrogens is 424 g/mol. The van der Waals surface area contributed by atoms with Gasteiger partial charge in [0.2, 0.25) is 0 Å². The maximum atomic E-state index is 12.8. The van der Waals surface area contributed by atoms with Crippen LogP contribution in [-0.2, 0) is 19.1 Å². The van der Waals surface area contributed by atoms with Gasteiger partial charge in [-0.05, 0) is 18.4 Å². The van der Waals surface area contributed by atoms with Crippen molar-refractivity contribution in [3.63, 3.8) is 0 Å². The van der Waals surface area contributed by atoms with Gasteiger partial charge in [0.05, 0.1) is 25.6 Å². The molecule has 0 heterocycles. The van der Waals surface area contributed by atoms with E-state index in [-0.39, 0.29) is 18.4 Å². The SMILES string of the molecule is CCCCCCCCCCOC(=O)CC(C(=O)OCCCCCCCCCC)c1ccccc1. The number of rotatable bonds is 22. The number of esters is 2. The molecule has 0 aliphatic rings. The van der Waals surface area contributed by atoms with Gasteiger partial charge in [-0.2, -0.15) is 0 Å². The fourth-order valence-electron chi connectivity index (χ4n) is 4.18. The highest BCUT2D eigenvalue weighted by Crippen LogP contribution is 2.22. The van der Waals surface area contributed by atoms with Gasteiger partial charge in [-0.1, -0.05) is 134 Å². The van der Waals surface area contributed by atoms with Crippen molar-refractivity contribution in [1.82, 2.24) is 0 Å². The quantitative estimate of drug-likeness (QED) is 0.125. The fraction of sp³-hybridized carbons (Fsp3) is 0.733. The van der Waals surface area contributed by atoms with E-state index in [0.717, 1.165) is 31.2 Å². The maximum Gasteiger partial charge on any atom is 0.314 e. The lowest BCUT2D eigenvalue weighted by Crippen LogP contribution is -2.21. The summed E-state index contributed by atoms with van der Waals surface area (Å²) < 4.78 is 11.0. The Morgan fingerprint density at radius 2 is 1.06 bits per heavy atom. The zero-order valence-electron chi connectivity index (χ0n) is 22.0. The molecule has 1 rings (SSSR count). The number of carbonyl (C=O) groups excluding carboxylic acids is 2. The molecule has 1 aromatic rings. The highest BCUT2D eigenvalue weighted by molar-refractivity contribution is 5.84. The van der Waals surface area contributed by atoms with E-state index in [1.165, 1.54) is 77.0 Å². The van der Waals surface area contributed by atoms with Crippen molar-refractivity contribution in [2.45, 2.75) is 129 Å². The number of benzene rings is 1. The van der Waals surface area contributed by atoms with Gasteiger partial charge >= 0.3 is 11.9 Å². The molecule has 0 saturated heterocycles. The molecule has 194 valence electrons. The number of hydrogen-bond donors (Lipinski definition) is 0. The first-order valence-electron chi connectivity index (χ1n) is 14.1. The molecule has 34 heavy (non-hydrogen) atoms. The molecule has 0 spiro atoms. The second-order valence-electron chi connectivity index (χ2n) is 9.51. The lowest BCUT2D eigenvalue weighted by molar-refractivity contribution is -0.152. The summed E-state index contributed by atoms with van der Waals surface area (Å²) in [5.41, 5.74) is 0.812. The summed E-state index contributed by atoms with van der Waals surface area (Å²) in [5, 5.41) is 0. The molecule has 0 aliphatic heterocycles. The third-order valence-electron chi connectivity index (χ3n) is 6.36. The van der Waals surface area contributed by atoms with Gasteiger partial charge < -0.3 is 9.47 Å². The van der Waals surface area contributed by atoms with Crippen molar-refractivity contribution in [3.05, 3.63) is 35.9 Å². The molecule has 1 unspecified atom stereocenters. The van der Waals surface area contributed by atoms with Crippen molar-refractivity contribution in [1.29, 1.82) is 0 Å². The summed E-state index contributed by atoms with van der Waals surface area (Å²) in [6, 6.07) is 9.45.